The first-order valence-electron chi connectivity index (χ1n) is 7.89. The molecule has 7 nitrogen and oxygen atoms in total. The predicted molar refractivity (Wildman–Crippen MR) is 84.1 cm³/mol. The van der Waals surface area contributed by atoms with Crippen LogP contribution < -0.4 is 10.6 Å². The summed E-state index contributed by atoms with van der Waals surface area (Å²) in [5, 5.41) is 20.8. The van der Waals surface area contributed by atoms with Crippen LogP contribution in [0.4, 0.5) is 5.82 Å². The minimum absolute atomic E-state index is 0.423. The van der Waals surface area contributed by atoms with E-state index in [1.54, 1.807) is 25.3 Å². The lowest BCUT2D eigenvalue weighted by Crippen LogP contribution is -2.64. The molecule has 7 heteroatoms. The second-order valence-corrected chi connectivity index (χ2v) is 6.68. The van der Waals surface area contributed by atoms with Crippen LogP contribution in [0, 0.1) is 0 Å². The molecule has 4 N–H and O–H groups in total. The third kappa shape index (κ3) is 2.91. The molecule has 23 heavy (non-hydrogen) atoms. The molecule has 2 saturated heterocycles. The highest BCUT2D eigenvalue weighted by atomic mass is 16.5. The van der Waals surface area contributed by atoms with Crippen molar-refractivity contribution in [2.75, 3.05) is 24.6 Å². The Morgan fingerprint density at radius 1 is 1.43 bits per heavy atom. The Hall–Kier alpha value is -1.70. The third-order valence-electron chi connectivity index (χ3n) is 5.05. The van der Waals surface area contributed by atoms with Gasteiger partial charge in [-0.25, -0.2) is 4.98 Å². The molecular weight excluding hydrogens is 298 g/mol. The Morgan fingerprint density at radius 2 is 2.13 bits per heavy atom. The molecule has 2 atom stereocenters. The number of pyridine rings is 1. The van der Waals surface area contributed by atoms with Gasteiger partial charge in [-0.1, -0.05) is 0 Å². The van der Waals surface area contributed by atoms with Crippen molar-refractivity contribution >= 4 is 11.7 Å². The number of aromatic nitrogens is 1. The van der Waals surface area contributed by atoms with Crippen LogP contribution in [0.5, 0.6) is 0 Å². The van der Waals surface area contributed by atoms with E-state index in [9.17, 15) is 15.0 Å². The fourth-order valence-electron chi connectivity index (χ4n) is 3.52. The zero-order chi connectivity index (χ0) is 16.7. The van der Waals surface area contributed by atoms with Gasteiger partial charge in [-0.2, -0.15) is 0 Å². The number of nitrogens with zero attached hydrogens (tertiary/aromatic N) is 2. The molecule has 0 saturated carbocycles. The fourth-order valence-corrected chi connectivity index (χ4v) is 3.52. The van der Waals surface area contributed by atoms with E-state index in [0.29, 0.717) is 50.3 Å². The molecule has 1 aromatic heterocycles. The molecule has 126 valence electrons. The molecule has 0 unspecified atom stereocenters. The topological polar surface area (TPSA) is 109 Å². The van der Waals surface area contributed by atoms with Gasteiger partial charge in [0, 0.05) is 31.3 Å². The lowest BCUT2D eigenvalue weighted by Gasteiger charge is -2.51. The van der Waals surface area contributed by atoms with Crippen LogP contribution in [0.1, 0.15) is 36.5 Å². The number of primary amides is 1. The standard InChI is InChI=1S/C16H23N3O4/c1-15(22)5-9-23-16(14(15)21)3-7-19(8-4-16)12-10-11(13(17)20)2-6-18-12/h2,6,10,14,21-22H,3-5,7-9H2,1H3,(H2,17,20)/t14-,15+/m0/s1. The Morgan fingerprint density at radius 3 is 2.78 bits per heavy atom. The number of aliphatic hydroxyl groups is 2. The zero-order valence-electron chi connectivity index (χ0n) is 13.2. The number of hydrogen-bond donors (Lipinski definition) is 3. The van der Waals surface area contributed by atoms with Crippen LogP contribution in [-0.2, 0) is 4.74 Å². The third-order valence-corrected chi connectivity index (χ3v) is 5.05. The van der Waals surface area contributed by atoms with Crippen LogP contribution >= 0.6 is 0 Å². The Balaban J connectivity index is 1.73. The molecule has 0 radical (unpaired) electrons. The highest BCUT2D eigenvalue weighted by Crippen LogP contribution is 2.40. The number of anilines is 1. The lowest BCUT2D eigenvalue weighted by molar-refractivity contribution is -0.239. The first-order chi connectivity index (χ1) is 10.8. The smallest absolute Gasteiger partial charge is 0.248 e. The summed E-state index contributed by atoms with van der Waals surface area (Å²) >= 11 is 0. The van der Waals surface area contributed by atoms with Gasteiger partial charge < -0.3 is 25.6 Å². The molecule has 0 aromatic carbocycles. The summed E-state index contributed by atoms with van der Waals surface area (Å²) < 4.78 is 5.87. The number of amides is 1. The number of carbonyl (C=O) groups is 1. The van der Waals surface area contributed by atoms with E-state index in [2.05, 4.69) is 4.98 Å². The van der Waals surface area contributed by atoms with E-state index in [1.165, 1.54) is 0 Å². The molecule has 2 aliphatic rings. The largest absolute Gasteiger partial charge is 0.387 e. The maximum Gasteiger partial charge on any atom is 0.248 e. The van der Waals surface area contributed by atoms with Crippen molar-refractivity contribution in [1.82, 2.24) is 4.98 Å². The van der Waals surface area contributed by atoms with E-state index >= 15 is 0 Å². The first-order valence-corrected chi connectivity index (χ1v) is 7.89. The first kappa shape index (κ1) is 16.2. The highest BCUT2D eigenvalue weighted by Gasteiger charge is 2.52. The maximum atomic E-state index is 11.3. The summed E-state index contributed by atoms with van der Waals surface area (Å²) in [4.78, 5) is 17.6. The van der Waals surface area contributed by atoms with Crippen LogP contribution in [0.15, 0.2) is 18.3 Å². The Kier molecular flexibility index (Phi) is 4.03. The minimum atomic E-state index is -1.12. The van der Waals surface area contributed by atoms with Crippen molar-refractivity contribution in [3.8, 4) is 0 Å². The number of hydrogen-bond acceptors (Lipinski definition) is 6. The normalized spacial score (nSPS) is 30.4. The number of piperidine rings is 1. The zero-order valence-corrected chi connectivity index (χ0v) is 13.2. The van der Waals surface area contributed by atoms with Gasteiger partial charge in [-0.3, -0.25) is 4.79 Å². The summed E-state index contributed by atoms with van der Waals surface area (Å²) in [5.41, 5.74) is 3.90. The van der Waals surface area contributed by atoms with Crippen LogP contribution in [0.2, 0.25) is 0 Å². The van der Waals surface area contributed by atoms with Gasteiger partial charge in [0.1, 0.15) is 17.5 Å². The van der Waals surface area contributed by atoms with Crippen molar-refractivity contribution < 1.29 is 19.7 Å². The van der Waals surface area contributed by atoms with Crippen LogP contribution in [0.25, 0.3) is 0 Å². The number of aliphatic hydroxyl groups excluding tert-OH is 1. The quantitative estimate of drug-likeness (QED) is 0.710. The molecule has 0 aliphatic carbocycles. The minimum Gasteiger partial charge on any atom is -0.387 e. The van der Waals surface area contributed by atoms with Gasteiger partial charge in [-0.15, -0.1) is 0 Å². The summed E-state index contributed by atoms with van der Waals surface area (Å²) in [6.07, 6.45) is 2.27. The van der Waals surface area contributed by atoms with Crippen molar-refractivity contribution in [2.45, 2.75) is 43.5 Å². The Bertz CT molecular complexity index is 597. The molecule has 3 rings (SSSR count). The monoisotopic (exact) mass is 321 g/mol. The lowest BCUT2D eigenvalue weighted by atomic mass is 9.75. The summed E-state index contributed by atoms with van der Waals surface area (Å²) in [6, 6.07) is 3.26. The van der Waals surface area contributed by atoms with Gasteiger partial charge >= 0.3 is 0 Å². The second kappa shape index (κ2) is 5.74. The molecular formula is C16H23N3O4. The average Bonchev–Trinajstić information content (AvgIpc) is 2.53. The van der Waals surface area contributed by atoms with Gasteiger partial charge in [0.05, 0.1) is 12.2 Å². The van der Waals surface area contributed by atoms with Crippen molar-refractivity contribution in [3.05, 3.63) is 23.9 Å². The highest BCUT2D eigenvalue weighted by molar-refractivity contribution is 5.93. The van der Waals surface area contributed by atoms with E-state index in [-0.39, 0.29) is 0 Å². The Labute approximate surface area is 135 Å². The summed E-state index contributed by atoms with van der Waals surface area (Å²) in [7, 11) is 0. The van der Waals surface area contributed by atoms with Crippen LogP contribution in [-0.4, -0.2) is 58.1 Å². The van der Waals surface area contributed by atoms with Crippen molar-refractivity contribution in [3.63, 3.8) is 0 Å². The van der Waals surface area contributed by atoms with Gasteiger partial charge in [-0.05, 0) is 31.9 Å². The van der Waals surface area contributed by atoms with E-state index < -0.39 is 23.2 Å². The summed E-state index contributed by atoms with van der Waals surface area (Å²) in [6.45, 7) is 3.36. The molecule has 2 fully saturated rings. The molecule has 2 aliphatic heterocycles. The van der Waals surface area contributed by atoms with E-state index in [4.69, 9.17) is 10.5 Å². The number of carbonyl (C=O) groups excluding carboxylic acids is 1. The van der Waals surface area contributed by atoms with Gasteiger partial charge in [0.25, 0.3) is 0 Å². The van der Waals surface area contributed by atoms with Gasteiger partial charge in [0.2, 0.25) is 5.91 Å². The maximum absolute atomic E-state index is 11.3. The van der Waals surface area contributed by atoms with Crippen molar-refractivity contribution in [2.24, 2.45) is 5.73 Å². The molecule has 1 aromatic rings. The second-order valence-electron chi connectivity index (χ2n) is 6.68. The molecule has 1 spiro atoms. The van der Waals surface area contributed by atoms with Gasteiger partial charge in [0.15, 0.2) is 0 Å². The SMILES string of the molecule is C[C@@]1(O)CCOC2(CCN(c3cc(C(N)=O)ccn3)CC2)[C@H]1O. The van der Waals surface area contributed by atoms with Crippen molar-refractivity contribution in [1.29, 1.82) is 0 Å². The fraction of sp³-hybridized carbons (Fsp3) is 0.625. The average molecular weight is 321 g/mol. The number of rotatable bonds is 2. The number of nitrogens with two attached hydrogens (primary N) is 1. The number of ether oxygens (including phenoxy) is 1. The molecule has 1 amide bonds. The predicted octanol–water partition coefficient (Wildman–Crippen LogP) is 0.0517. The molecule has 3 heterocycles. The van der Waals surface area contributed by atoms with Crippen LogP contribution in [0.3, 0.4) is 0 Å². The van der Waals surface area contributed by atoms with E-state index in [0.717, 1.165) is 0 Å². The summed E-state index contributed by atoms with van der Waals surface area (Å²) in [5.74, 6) is 0.206. The molecule has 0 bridgehead atoms. The van der Waals surface area contributed by atoms with E-state index in [1.807, 2.05) is 4.90 Å².